The van der Waals surface area contributed by atoms with Crippen molar-refractivity contribution in [1.29, 1.82) is 0 Å². The van der Waals surface area contributed by atoms with Gasteiger partial charge in [-0.2, -0.15) is 0 Å². The molecule has 0 fully saturated rings. The molecule has 3 aromatic carbocycles. The van der Waals surface area contributed by atoms with Crippen molar-refractivity contribution in [3.8, 4) is 16.3 Å². The maximum Gasteiger partial charge on any atom is 0.269 e. The number of carbonyl (C=O) groups excluding carboxylic acids is 1. The molecule has 39 heavy (non-hydrogen) atoms. The van der Waals surface area contributed by atoms with Gasteiger partial charge >= 0.3 is 0 Å². The third-order valence-electron chi connectivity index (χ3n) is 6.55. The zero-order valence-corrected chi connectivity index (χ0v) is 24.1. The normalized spacial score (nSPS) is 15.4. The van der Waals surface area contributed by atoms with Gasteiger partial charge in [0.15, 0.2) is 6.10 Å². The van der Waals surface area contributed by atoms with Crippen molar-refractivity contribution in [3.63, 3.8) is 0 Å². The van der Waals surface area contributed by atoms with Crippen molar-refractivity contribution < 1.29 is 17.9 Å². The van der Waals surface area contributed by atoms with Crippen LogP contribution in [0.4, 0.5) is 10.8 Å². The van der Waals surface area contributed by atoms with Gasteiger partial charge in [-0.3, -0.25) is 14.4 Å². The topological polar surface area (TPSA) is 101 Å². The van der Waals surface area contributed by atoms with Crippen LogP contribution in [0.3, 0.4) is 0 Å². The maximum absolute atomic E-state index is 13.9. The van der Waals surface area contributed by atoms with Crippen LogP contribution in [-0.2, 0) is 20.2 Å². The van der Waals surface area contributed by atoms with Crippen LogP contribution in [0, 0.1) is 13.8 Å². The van der Waals surface area contributed by atoms with Crippen LogP contribution in [0.25, 0.3) is 10.6 Å². The van der Waals surface area contributed by atoms with Crippen LogP contribution in [0.2, 0.25) is 0 Å². The zero-order valence-electron chi connectivity index (χ0n) is 22.4. The summed E-state index contributed by atoms with van der Waals surface area (Å²) in [4.78, 5) is 13.5. The van der Waals surface area contributed by atoms with E-state index in [4.69, 9.17) is 4.74 Å². The average molecular weight is 563 g/mol. The van der Waals surface area contributed by atoms with E-state index in [2.05, 4.69) is 36.3 Å². The van der Waals surface area contributed by atoms with Gasteiger partial charge in [-0.1, -0.05) is 85.7 Å². The molecule has 1 N–H and O–H groups in total. The molecule has 202 valence electrons. The molecule has 2 heterocycles. The monoisotopic (exact) mass is 562 g/mol. The molecule has 4 aromatic rings. The van der Waals surface area contributed by atoms with E-state index in [1.54, 1.807) is 30.3 Å². The van der Waals surface area contributed by atoms with Crippen LogP contribution in [0.15, 0.2) is 71.6 Å². The highest BCUT2D eigenvalue weighted by Gasteiger charge is 2.38. The van der Waals surface area contributed by atoms with Crippen molar-refractivity contribution in [2.75, 3.05) is 16.2 Å². The van der Waals surface area contributed by atoms with Crippen molar-refractivity contribution in [3.05, 3.63) is 83.4 Å². The number of benzene rings is 3. The zero-order chi connectivity index (χ0) is 27.9. The Balaban J connectivity index is 1.46. The van der Waals surface area contributed by atoms with Crippen molar-refractivity contribution in [1.82, 2.24) is 10.2 Å². The lowest BCUT2D eigenvalue weighted by Gasteiger charge is -2.35. The van der Waals surface area contributed by atoms with Gasteiger partial charge in [-0.25, -0.2) is 8.42 Å². The molecule has 5 rings (SSSR count). The Morgan fingerprint density at radius 3 is 2.26 bits per heavy atom. The van der Waals surface area contributed by atoms with Gasteiger partial charge in [0.25, 0.3) is 15.9 Å². The summed E-state index contributed by atoms with van der Waals surface area (Å²) in [6.07, 6.45) is -1.09. The van der Waals surface area contributed by atoms with Crippen molar-refractivity contribution in [2.45, 2.75) is 51.0 Å². The molecule has 0 spiro atoms. The number of nitrogens with one attached hydrogen (secondary N) is 1. The standard InChI is InChI=1S/C29H30N4O4S2/c1-18-6-10-20(11-7-18)27-31-32-28(38-27)30-26(34)25-17-33(39(35,36)22-13-8-19(2)9-14-22)23-16-21(29(3,4)5)12-15-24(23)37-25/h6-16,25H,17H2,1-5H3,(H,30,32,34)/t25-/m1/s1. The number of ether oxygens (including phenoxy) is 1. The van der Waals surface area contributed by atoms with Gasteiger partial charge in [0.2, 0.25) is 5.13 Å². The summed E-state index contributed by atoms with van der Waals surface area (Å²) >= 11 is 1.24. The number of aryl methyl sites for hydroxylation is 2. The first-order chi connectivity index (χ1) is 18.4. The minimum absolute atomic E-state index is 0.146. The second kappa shape index (κ2) is 10.1. The van der Waals surface area contributed by atoms with E-state index in [1.807, 2.05) is 50.2 Å². The summed E-state index contributed by atoms with van der Waals surface area (Å²) in [6, 6.07) is 20.0. The molecular formula is C29H30N4O4S2. The lowest BCUT2D eigenvalue weighted by atomic mass is 9.86. The number of fused-ring (bicyclic) bond motifs is 1. The lowest BCUT2D eigenvalue weighted by Crippen LogP contribution is -2.49. The fraction of sp³-hybridized carbons (Fsp3) is 0.276. The van der Waals surface area contributed by atoms with Gasteiger partial charge < -0.3 is 4.74 Å². The van der Waals surface area contributed by atoms with E-state index in [-0.39, 0.29) is 16.9 Å². The molecule has 1 atom stereocenters. The van der Waals surface area contributed by atoms with E-state index >= 15 is 0 Å². The van der Waals surface area contributed by atoms with Gasteiger partial charge in [-0.15, -0.1) is 10.2 Å². The highest BCUT2D eigenvalue weighted by Crippen LogP contribution is 2.40. The van der Waals surface area contributed by atoms with Gasteiger partial charge in [-0.05, 0) is 49.1 Å². The van der Waals surface area contributed by atoms with E-state index in [9.17, 15) is 13.2 Å². The van der Waals surface area contributed by atoms with Crippen molar-refractivity contribution >= 4 is 38.1 Å². The molecule has 1 amide bonds. The number of nitrogens with zero attached hydrogens (tertiary/aromatic N) is 3. The molecule has 0 saturated heterocycles. The first-order valence-electron chi connectivity index (χ1n) is 12.5. The minimum Gasteiger partial charge on any atom is -0.476 e. The summed E-state index contributed by atoms with van der Waals surface area (Å²) in [7, 11) is -3.98. The Hall–Kier alpha value is -3.76. The molecule has 0 bridgehead atoms. The van der Waals surface area contributed by atoms with E-state index in [0.717, 1.165) is 22.3 Å². The molecule has 0 saturated carbocycles. The molecule has 0 unspecified atom stereocenters. The van der Waals surface area contributed by atoms with Crippen LogP contribution < -0.4 is 14.4 Å². The SMILES string of the molecule is Cc1ccc(-c2nnc(NC(=O)[C@H]3CN(S(=O)(=O)c4ccc(C)cc4)c4cc(C(C)(C)C)ccc4O3)s2)cc1. The Morgan fingerprint density at radius 1 is 0.974 bits per heavy atom. The number of sulfonamides is 1. The molecule has 0 aliphatic carbocycles. The Labute approximate surface area is 232 Å². The number of carbonyl (C=O) groups is 1. The van der Waals surface area contributed by atoms with E-state index in [0.29, 0.717) is 21.6 Å². The summed E-state index contributed by atoms with van der Waals surface area (Å²) < 4.78 is 35.0. The number of aromatic nitrogens is 2. The first-order valence-corrected chi connectivity index (χ1v) is 14.8. The predicted octanol–water partition coefficient (Wildman–Crippen LogP) is 5.71. The van der Waals surface area contributed by atoms with Crippen LogP contribution in [0.1, 0.15) is 37.5 Å². The Kier molecular flexibility index (Phi) is 6.94. The maximum atomic E-state index is 13.9. The highest BCUT2D eigenvalue weighted by atomic mass is 32.2. The van der Waals surface area contributed by atoms with Gasteiger partial charge in [0, 0.05) is 5.56 Å². The largest absolute Gasteiger partial charge is 0.476 e. The molecule has 1 aliphatic heterocycles. The van der Waals surface area contributed by atoms with Crippen LogP contribution in [-0.4, -0.2) is 37.2 Å². The Bertz CT molecular complexity index is 1620. The number of rotatable bonds is 5. The number of hydrogen-bond acceptors (Lipinski definition) is 7. The first kappa shape index (κ1) is 26.8. The third-order valence-corrected chi connectivity index (χ3v) is 9.23. The molecule has 1 aliphatic rings. The quantitative estimate of drug-likeness (QED) is 0.334. The molecule has 10 heteroatoms. The van der Waals surface area contributed by atoms with Crippen LogP contribution >= 0.6 is 11.3 Å². The molecule has 1 aromatic heterocycles. The molecule has 8 nitrogen and oxygen atoms in total. The van der Waals surface area contributed by atoms with Crippen LogP contribution in [0.5, 0.6) is 5.75 Å². The summed E-state index contributed by atoms with van der Waals surface area (Å²) in [5.74, 6) is -0.182. The summed E-state index contributed by atoms with van der Waals surface area (Å²) in [5.41, 5.74) is 4.12. The van der Waals surface area contributed by atoms with Gasteiger partial charge in [0.05, 0.1) is 17.1 Å². The second-order valence-electron chi connectivity index (χ2n) is 10.7. The summed E-state index contributed by atoms with van der Waals surface area (Å²) in [6.45, 7) is 9.88. The highest BCUT2D eigenvalue weighted by molar-refractivity contribution is 7.92. The van der Waals surface area contributed by atoms with Gasteiger partial charge in [0.1, 0.15) is 10.8 Å². The van der Waals surface area contributed by atoms with E-state index in [1.165, 1.54) is 15.6 Å². The fourth-order valence-electron chi connectivity index (χ4n) is 4.19. The number of amides is 1. The smallest absolute Gasteiger partial charge is 0.269 e. The lowest BCUT2D eigenvalue weighted by molar-refractivity contribution is -0.122. The Morgan fingerprint density at radius 2 is 1.62 bits per heavy atom. The predicted molar refractivity (Wildman–Crippen MR) is 154 cm³/mol. The minimum atomic E-state index is -3.98. The third kappa shape index (κ3) is 5.53. The van der Waals surface area contributed by atoms with Crippen molar-refractivity contribution in [2.24, 2.45) is 0 Å². The second-order valence-corrected chi connectivity index (χ2v) is 13.5. The number of anilines is 2. The summed E-state index contributed by atoms with van der Waals surface area (Å²) in [5, 5.41) is 12.0. The number of hydrogen-bond donors (Lipinski definition) is 1. The molecular weight excluding hydrogens is 532 g/mol. The fourth-order valence-corrected chi connectivity index (χ4v) is 6.41. The average Bonchev–Trinajstić information content (AvgIpc) is 3.36. The molecule has 0 radical (unpaired) electrons. The van der Waals surface area contributed by atoms with E-state index < -0.39 is 22.0 Å².